The number of ether oxygens (including phenoxy) is 2. The van der Waals surface area contributed by atoms with Crippen LogP contribution in [0.4, 0.5) is 5.69 Å². The molecule has 0 saturated heterocycles. The Balaban J connectivity index is 2.06. The van der Waals surface area contributed by atoms with Crippen LogP contribution in [0.15, 0.2) is 48.5 Å². The van der Waals surface area contributed by atoms with Crippen molar-refractivity contribution in [1.29, 1.82) is 0 Å². The normalized spacial score (nSPS) is 12.3. The molecule has 0 radical (unpaired) electrons. The molecule has 0 fully saturated rings. The molecule has 1 amide bonds. The number of hydrogen-bond donors (Lipinski definition) is 1. The van der Waals surface area contributed by atoms with E-state index in [2.05, 4.69) is 19.2 Å². The highest BCUT2D eigenvalue weighted by Gasteiger charge is 2.31. The minimum atomic E-state index is -3.68. The van der Waals surface area contributed by atoms with Crippen molar-refractivity contribution in [3.63, 3.8) is 0 Å². The largest absolute Gasteiger partial charge is 0.497 e. The molecule has 0 aliphatic rings. The summed E-state index contributed by atoms with van der Waals surface area (Å²) in [5.74, 6) is 1.34. The predicted molar refractivity (Wildman–Crippen MR) is 123 cm³/mol. The number of nitrogens with zero attached hydrogens (tertiary/aromatic N) is 1. The summed E-state index contributed by atoms with van der Waals surface area (Å²) in [6.45, 7) is 6.51. The first kappa shape index (κ1) is 24.5. The number of nitrogens with one attached hydrogen (secondary N) is 1. The Kier molecular flexibility index (Phi) is 8.74. The van der Waals surface area contributed by atoms with Crippen molar-refractivity contribution in [2.75, 3.05) is 30.8 Å². The monoisotopic (exact) mass is 448 g/mol. The molecule has 0 aromatic heterocycles. The zero-order valence-corrected chi connectivity index (χ0v) is 19.6. The first-order valence-corrected chi connectivity index (χ1v) is 12.2. The van der Waals surface area contributed by atoms with Gasteiger partial charge in [-0.2, -0.15) is 0 Å². The van der Waals surface area contributed by atoms with Crippen LogP contribution in [-0.2, 0) is 14.8 Å². The molecular weight excluding hydrogens is 416 g/mol. The van der Waals surface area contributed by atoms with Gasteiger partial charge in [0.1, 0.15) is 24.1 Å². The van der Waals surface area contributed by atoms with Crippen LogP contribution in [0.1, 0.15) is 38.7 Å². The lowest BCUT2D eigenvalue weighted by molar-refractivity contribution is -0.122. The summed E-state index contributed by atoms with van der Waals surface area (Å²) in [6.07, 6.45) is 1.42. The summed E-state index contributed by atoms with van der Waals surface area (Å²) in [5, 5.41) is 2.80. The first-order chi connectivity index (χ1) is 14.7. The average molecular weight is 449 g/mol. The van der Waals surface area contributed by atoms with E-state index >= 15 is 0 Å². The molecule has 0 unspecified atom stereocenters. The van der Waals surface area contributed by atoms with E-state index in [9.17, 15) is 13.2 Å². The molecule has 0 saturated carbocycles. The van der Waals surface area contributed by atoms with E-state index in [1.807, 2.05) is 24.3 Å². The Hall–Kier alpha value is -2.74. The van der Waals surface area contributed by atoms with Gasteiger partial charge < -0.3 is 14.8 Å². The Morgan fingerprint density at radius 1 is 1.10 bits per heavy atom. The van der Waals surface area contributed by atoms with Crippen LogP contribution in [0.25, 0.3) is 0 Å². The van der Waals surface area contributed by atoms with Gasteiger partial charge in [0.25, 0.3) is 0 Å². The van der Waals surface area contributed by atoms with Crippen molar-refractivity contribution >= 4 is 21.6 Å². The first-order valence-electron chi connectivity index (χ1n) is 10.3. The zero-order valence-electron chi connectivity index (χ0n) is 18.8. The van der Waals surface area contributed by atoms with E-state index in [4.69, 9.17) is 9.47 Å². The van der Waals surface area contributed by atoms with Gasteiger partial charge in [-0.15, -0.1) is 0 Å². The third kappa shape index (κ3) is 6.62. The van der Waals surface area contributed by atoms with Gasteiger partial charge in [-0.25, -0.2) is 8.42 Å². The molecule has 1 atom stereocenters. The van der Waals surface area contributed by atoms with E-state index in [0.717, 1.165) is 21.9 Å². The summed E-state index contributed by atoms with van der Waals surface area (Å²) in [4.78, 5) is 12.8. The van der Waals surface area contributed by atoms with E-state index in [-0.39, 0.29) is 19.1 Å². The zero-order chi connectivity index (χ0) is 23.0. The van der Waals surface area contributed by atoms with Crippen LogP contribution in [0.2, 0.25) is 0 Å². The molecule has 2 rings (SSSR count). The van der Waals surface area contributed by atoms with Gasteiger partial charge in [-0.05, 0) is 48.2 Å². The van der Waals surface area contributed by atoms with Crippen LogP contribution in [0, 0.1) is 0 Å². The number of carbonyl (C=O) groups excluding carboxylic acids is 1. The number of sulfonamides is 1. The maximum atomic E-state index is 12.8. The molecule has 0 bridgehead atoms. The smallest absolute Gasteiger partial charge is 0.244 e. The lowest BCUT2D eigenvalue weighted by Gasteiger charge is -2.30. The third-order valence-corrected chi connectivity index (χ3v) is 6.04. The van der Waals surface area contributed by atoms with Gasteiger partial charge in [0.05, 0.1) is 25.6 Å². The van der Waals surface area contributed by atoms with E-state index in [1.54, 1.807) is 31.2 Å². The topological polar surface area (TPSA) is 84.9 Å². The second-order valence-corrected chi connectivity index (χ2v) is 9.37. The lowest BCUT2D eigenvalue weighted by Crippen LogP contribution is -2.50. The highest BCUT2D eigenvalue weighted by atomic mass is 32.2. The van der Waals surface area contributed by atoms with Crippen molar-refractivity contribution in [1.82, 2.24) is 5.32 Å². The van der Waals surface area contributed by atoms with Crippen molar-refractivity contribution in [2.24, 2.45) is 0 Å². The Morgan fingerprint density at radius 3 is 2.29 bits per heavy atom. The number of amides is 1. The molecule has 2 aromatic rings. The van der Waals surface area contributed by atoms with Gasteiger partial charge in [0, 0.05) is 0 Å². The molecule has 170 valence electrons. The molecule has 7 nitrogen and oxygen atoms in total. The minimum Gasteiger partial charge on any atom is -0.497 e. The number of benzene rings is 2. The van der Waals surface area contributed by atoms with E-state index in [1.165, 1.54) is 7.11 Å². The molecule has 0 spiro atoms. The molecule has 2 aromatic carbocycles. The summed E-state index contributed by atoms with van der Waals surface area (Å²) >= 11 is 0. The standard InChI is InChI=1S/C23H32N2O5S/c1-6-21(25(31(5,27)28)18-11-13-19(29-4)14-12-18)23(26)24-15-16-30-22-10-8-7-9-20(22)17(2)3/h7-14,17,21H,6,15-16H2,1-5H3,(H,24,26)/t21-/m0/s1. The van der Waals surface area contributed by atoms with Crippen LogP contribution in [0.5, 0.6) is 11.5 Å². The third-order valence-electron chi connectivity index (χ3n) is 4.86. The molecule has 0 aliphatic carbocycles. The molecule has 0 heterocycles. The predicted octanol–water partition coefficient (Wildman–Crippen LogP) is 3.56. The summed E-state index contributed by atoms with van der Waals surface area (Å²) in [5.41, 5.74) is 1.51. The van der Waals surface area contributed by atoms with Gasteiger partial charge >= 0.3 is 0 Å². The average Bonchev–Trinajstić information content (AvgIpc) is 2.74. The highest BCUT2D eigenvalue weighted by molar-refractivity contribution is 7.92. The van der Waals surface area contributed by atoms with Crippen molar-refractivity contribution in [3.05, 3.63) is 54.1 Å². The Bertz CT molecular complexity index is 958. The van der Waals surface area contributed by atoms with Crippen molar-refractivity contribution in [3.8, 4) is 11.5 Å². The number of para-hydroxylation sites is 1. The molecule has 0 aliphatic heterocycles. The van der Waals surface area contributed by atoms with Crippen molar-refractivity contribution < 1.29 is 22.7 Å². The number of hydrogen-bond acceptors (Lipinski definition) is 5. The van der Waals surface area contributed by atoms with Gasteiger partial charge in [-0.1, -0.05) is 39.0 Å². The fraction of sp³-hybridized carbons (Fsp3) is 0.435. The highest BCUT2D eigenvalue weighted by Crippen LogP contribution is 2.26. The van der Waals surface area contributed by atoms with Crippen LogP contribution < -0.4 is 19.1 Å². The second-order valence-electron chi connectivity index (χ2n) is 7.51. The summed E-state index contributed by atoms with van der Waals surface area (Å²) in [6, 6.07) is 13.5. The fourth-order valence-corrected chi connectivity index (χ4v) is 4.54. The Labute approximate surface area is 185 Å². The molecular formula is C23H32N2O5S. The molecule has 31 heavy (non-hydrogen) atoms. The number of carbonyl (C=O) groups is 1. The number of methoxy groups -OCH3 is 1. The second kappa shape index (κ2) is 11.0. The van der Waals surface area contributed by atoms with E-state index in [0.29, 0.717) is 23.8 Å². The minimum absolute atomic E-state index is 0.266. The summed E-state index contributed by atoms with van der Waals surface area (Å²) in [7, 11) is -2.15. The quantitative estimate of drug-likeness (QED) is 0.532. The number of anilines is 1. The SMILES string of the molecule is CC[C@@H](C(=O)NCCOc1ccccc1C(C)C)N(c1ccc(OC)cc1)S(C)(=O)=O. The lowest BCUT2D eigenvalue weighted by atomic mass is 10.0. The van der Waals surface area contributed by atoms with E-state index < -0.39 is 16.1 Å². The van der Waals surface area contributed by atoms with Gasteiger partial charge in [0.2, 0.25) is 15.9 Å². The van der Waals surface area contributed by atoms with Crippen LogP contribution >= 0.6 is 0 Å². The van der Waals surface area contributed by atoms with Crippen LogP contribution in [-0.4, -0.2) is 46.9 Å². The number of rotatable bonds is 11. The van der Waals surface area contributed by atoms with Gasteiger partial charge in [0.15, 0.2) is 0 Å². The molecule has 8 heteroatoms. The maximum Gasteiger partial charge on any atom is 0.244 e. The fourth-order valence-electron chi connectivity index (χ4n) is 3.33. The Morgan fingerprint density at radius 2 is 1.74 bits per heavy atom. The maximum absolute atomic E-state index is 12.8. The van der Waals surface area contributed by atoms with Crippen molar-refractivity contribution in [2.45, 2.75) is 39.2 Å². The summed E-state index contributed by atoms with van der Waals surface area (Å²) < 4.78 is 37.1. The van der Waals surface area contributed by atoms with Crippen LogP contribution in [0.3, 0.4) is 0 Å². The molecule has 1 N–H and O–H groups in total. The van der Waals surface area contributed by atoms with Gasteiger partial charge in [-0.3, -0.25) is 9.10 Å².